The van der Waals surface area contributed by atoms with Crippen LogP contribution in [0.3, 0.4) is 0 Å². The van der Waals surface area contributed by atoms with Crippen LogP contribution in [0, 0.1) is 15.9 Å². The highest BCUT2D eigenvalue weighted by atomic mass is 19.1. The first-order valence-electron chi connectivity index (χ1n) is 5.70. The van der Waals surface area contributed by atoms with Gasteiger partial charge in [0, 0.05) is 12.6 Å². The molecule has 0 bridgehead atoms. The molecular formula is C12H15FN2O5. The Bertz CT molecular complexity index is 519. The van der Waals surface area contributed by atoms with Gasteiger partial charge in [-0.05, 0) is 20.2 Å². The molecule has 0 aliphatic heterocycles. The molecule has 110 valence electrons. The van der Waals surface area contributed by atoms with Crippen molar-refractivity contribution in [3.05, 3.63) is 33.6 Å². The van der Waals surface area contributed by atoms with E-state index in [1.165, 1.54) is 0 Å². The highest BCUT2D eigenvalue weighted by molar-refractivity contribution is 5.90. The molecule has 0 aliphatic rings. The smallest absolute Gasteiger partial charge is 0.346 e. The molecule has 8 heteroatoms. The Balaban J connectivity index is 3.12. The van der Waals surface area contributed by atoms with Gasteiger partial charge >= 0.3 is 11.7 Å². The van der Waals surface area contributed by atoms with E-state index >= 15 is 0 Å². The van der Waals surface area contributed by atoms with Crippen LogP contribution in [0.4, 0.5) is 10.1 Å². The molecule has 0 fully saturated rings. The van der Waals surface area contributed by atoms with Crippen LogP contribution >= 0.6 is 0 Å². The van der Waals surface area contributed by atoms with Gasteiger partial charge in [0.15, 0.2) is 0 Å². The molecule has 0 aromatic heterocycles. The second kappa shape index (κ2) is 6.80. The van der Waals surface area contributed by atoms with Crippen LogP contribution in [-0.2, 0) is 4.74 Å². The number of esters is 1. The first kappa shape index (κ1) is 15.8. The summed E-state index contributed by atoms with van der Waals surface area (Å²) in [5, 5.41) is 10.8. The Kier molecular flexibility index (Phi) is 5.39. The number of nitro benzene ring substituents is 1. The third-order valence-electron chi connectivity index (χ3n) is 2.43. The van der Waals surface area contributed by atoms with Gasteiger partial charge in [0.1, 0.15) is 6.61 Å². The van der Waals surface area contributed by atoms with Crippen LogP contribution in [-0.4, -0.2) is 50.1 Å². The van der Waals surface area contributed by atoms with E-state index in [1.807, 2.05) is 0 Å². The van der Waals surface area contributed by atoms with E-state index in [0.29, 0.717) is 6.54 Å². The maximum Gasteiger partial charge on any atom is 0.346 e. The lowest BCUT2D eigenvalue weighted by Gasteiger charge is -2.12. The molecule has 1 aromatic rings. The van der Waals surface area contributed by atoms with E-state index in [2.05, 4.69) is 4.74 Å². The zero-order valence-electron chi connectivity index (χ0n) is 11.4. The van der Waals surface area contributed by atoms with Crippen LogP contribution in [0.2, 0.25) is 0 Å². The minimum absolute atomic E-state index is 0.123. The van der Waals surface area contributed by atoms with Crippen molar-refractivity contribution in [3.8, 4) is 5.75 Å². The van der Waals surface area contributed by atoms with Gasteiger partial charge in [-0.3, -0.25) is 10.1 Å². The van der Waals surface area contributed by atoms with Crippen molar-refractivity contribution in [1.29, 1.82) is 0 Å². The Labute approximate surface area is 115 Å². The highest BCUT2D eigenvalue weighted by Gasteiger charge is 2.25. The monoisotopic (exact) mass is 286 g/mol. The third-order valence-corrected chi connectivity index (χ3v) is 2.43. The number of hydrogen-bond donors (Lipinski definition) is 0. The van der Waals surface area contributed by atoms with E-state index in [-0.39, 0.29) is 17.9 Å². The number of nitrogens with zero attached hydrogens (tertiary/aromatic N) is 2. The van der Waals surface area contributed by atoms with Gasteiger partial charge in [0.05, 0.1) is 17.6 Å². The summed E-state index contributed by atoms with van der Waals surface area (Å²) in [7, 11) is 4.72. The normalized spacial score (nSPS) is 10.4. The number of benzene rings is 1. The average Bonchev–Trinajstić information content (AvgIpc) is 2.36. The van der Waals surface area contributed by atoms with Crippen molar-refractivity contribution in [3.63, 3.8) is 0 Å². The number of carbonyl (C=O) groups is 1. The molecule has 0 atom stereocenters. The van der Waals surface area contributed by atoms with E-state index < -0.39 is 22.4 Å². The van der Waals surface area contributed by atoms with Crippen LogP contribution in [0.1, 0.15) is 10.4 Å². The lowest BCUT2D eigenvalue weighted by atomic mass is 10.2. The van der Waals surface area contributed by atoms with E-state index in [1.54, 1.807) is 19.0 Å². The Morgan fingerprint density at radius 3 is 2.60 bits per heavy atom. The number of methoxy groups -OCH3 is 1. The van der Waals surface area contributed by atoms with Crippen LogP contribution in [0.25, 0.3) is 0 Å². The first-order chi connectivity index (χ1) is 9.36. The molecule has 0 amide bonds. The van der Waals surface area contributed by atoms with E-state index in [9.17, 15) is 19.3 Å². The molecule has 0 saturated carbocycles. The third kappa shape index (κ3) is 3.89. The van der Waals surface area contributed by atoms with Crippen molar-refractivity contribution in [2.45, 2.75) is 0 Å². The molecule has 0 N–H and O–H groups in total. The van der Waals surface area contributed by atoms with Crippen LogP contribution in [0.5, 0.6) is 5.75 Å². The standard InChI is InChI=1S/C12H15FN2O5/c1-14(2)4-5-20-10-7-8(12(16)19-3)6-9(13)11(10)15(17)18/h6-7H,4-5H2,1-3H3. The number of likely N-dealkylation sites (N-methyl/N-ethyl adjacent to an activating group) is 1. The van der Waals surface area contributed by atoms with Crippen molar-refractivity contribution in [2.24, 2.45) is 0 Å². The summed E-state index contributed by atoms with van der Waals surface area (Å²) in [5.74, 6) is -2.23. The SMILES string of the molecule is COC(=O)c1cc(F)c([N+](=O)[O-])c(OCCN(C)C)c1. The average molecular weight is 286 g/mol. The molecule has 1 rings (SSSR count). The van der Waals surface area contributed by atoms with Crippen LogP contribution < -0.4 is 4.74 Å². The number of halogens is 1. The molecule has 0 unspecified atom stereocenters. The summed E-state index contributed by atoms with van der Waals surface area (Å²) >= 11 is 0. The van der Waals surface area contributed by atoms with Gasteiger partial charge in [-0.25, -0.2) is 4.79 Å². The van der Waals surface area contributed by atoms with Crippen LogP contribution in [0.15, 0.2) is 12.1 Å². The van der Waals surface area contributed by atoms with Gasteiger partial charge < -0.3 is 14.4 Å². The fourth-order valence-electron chi connectivity index (χ4n) is 1.43. The molecule has 20 heavy (non-hydrogen) atoms. The summed E-state index contributed by atoms with van der Waals surface area (Å²) in [5.41, 5.74) is -0.938. The summed E-state index contributed by atoms with van der Waals surface area (Å²) < 4.78 is 23.3. The first-order valence-corrected chi connectivity index (χ1v) is 5.70. The van der Waals surface area contributed by atoms with Gasteiger partial charge in [-0.15, -0.1) is 0 Å². The molecular weight excluding hydrogens is 271 g/mol. The fourth-order valence-corrected chi connectivity index (χ4v) is 1.43. The van der Waals surface area contributed by atoms with Gasteiger partial charge in [-0.1, -0.05) is 0 Å². The number of rotatable bonds is 6. The minimum atomic E-state index is -1.14. The molecule has 0 heterocycles. The fraction of sp³-hybridized carbons (Fsp3) is 0.417. The second-order valence-electron chi connectivity index (χ2n) is 4.21. The molecule has 1 aromatic carbocycles. The summed E-state index contributed by atoms with van der Waals surface area (Å²) in [6, 6.07) is 1.85. The molecule has 0 saturated heterocycles. The van der Waals surface area contributed by atoms with Crippen molar-refractivity contribution < 1.29 is 23.6 Å². The number of hydrogen-bond acceptors (Lipinski definition) is 6. The summed E-state index contributed by atoms with van der Waals surface area (Å²) in [6.45, 7) is 0.610. The quantitative estimate of drug-likeness (QED) is 0.447. The predicted molar refractivity (Wildman–Crippen MR) is 68.4 cm³/mol. The summed E-state index contributed by atoms with van der Waals surface area (Å²) in [4.78, 5) is 23.1. The predicted octanol–water partition coefficient (Wildman–Crippen LogP) is 1.46. The second-order valence-corrected chi connectivity index (χ2v) is 4.21. The number of nitro groups is 1. The zero-order chi connectivity index (χ0) is 15.3. The lowest BCUT2D eigenvalue weighted by molar-refractivity contribution is -0.388. The molecule has 0 aliphatic carbocycles. The molecule has 0 spiro atoms. The van der Waals surface area contributed by atoms with E-state index in [4.69, 9.17) is 4.74 Å². The highest BCUT2D eigenvalue weighted by Crippen LogP contribution is 2.31. The Morgan fingerprint density at radius 2 is 2.10 bits per heavy atom. The van der Waals surface area contributed by atoms with E-state index in [0.717, 1.165) is 19.2 Å². The molecule has 7 nitrogen and oxygen atoms in total. The maximum atomic E-state index is 13.7. The van der Waals surface area contributed by atoms with Gasteiger partial charge in [-0.2, -0.15) is 4.39 Å². The zero-order valence-corrected chi connectivity index (χ0v) is 11.4. The maximum absolute atomic E-state index is 13.7. The summed E-state index contributed by atoms with van der Waals surface area (Å²) in [6.07, 6.45) is 0. The van der Waals surface area contributed by atoms with Gasteiger partial charge in [0.25, 0.3) is 0 Å². The van der Waals surface area contributed by atoms with Crippen molar-refractivity contribution in [1.82, 2.24) is 4.90 Å². The number of carbonyl (C=O) groups excluding carboxylic acids is 1. The lowest BCUT2D eigenvalue weighted by Crippen LogP contribution is -2.20. The molecule has 0 radical (unpaired) electrons. The van der Waals surface area contributed by atoms with Crippen molar-refractivity contribution in [2.75, 3.05) is 34.4 Å². The topological polar surface area (TPSA) is 81.9 Å². The number of ether oxygens (including phenoxy) is 2. The van der Waals surface area contributed by atoms with Crippen molar-refractivity contribution >= 4 is 11.7 Å². The largest absolute Gasteiger partial charge is 0.485 e. The minimum Gasteiger partial charge on any atom is -0.485 e. The van der Waals surface area contributed by atoms with Gasteiger partial charge in [0.2, 0.25) is 11.6 Å². The Morgan fingerprint density at radius 1 is 1.45 bits per heavy atom. The Hall–Kier alpha value is -2.22.